The van der Waals surface area contributed by atoms with E-state index in [2.05, 4.69) is 10.2 Å². The molecule has 2 heterocycles. The lowest BCUT2D eigenvalue weighted by atomic mass is 9.86. The lowest BCUT2D eigenvalue weighted by Gasteiger charge is -2.22. The van der Waals surface area contributed by atoms with Gasteiger partial charge in [0.1, 0.15) is 18.1 Å². The Morgan fingerprint density at radius 3 is 2.48 bits per heavy atom. The third-order valence-electron chi connectivity index (χ3n) is 5.71. The van der Waals surface area contributed by atoms with Gasteiger partial charge in [-0.1, -0.05) is 41.9 Å². The van der Waals surface area contributed by atoms with Gasteiger partial charge in [-0.05, 0) is 48.0 Å². The van der Waals surface area contributed by atoms with Crippen molar-refractivity contribution in [1.82, 2.24) is 10.2 Å². The van der Waals surface area contributed by atoms with Gasteiger partial charge in [0.25, 0.3) is 0 Å². The van der Waals surface area contributed by atoms with Crippen LogP contribution in [-0.4, -0.2) is 23.3 Å². The van der Waals surface area contributed by atoms with Gasteiger partial charge in [0.15, 0.2) is 0 Å². The molecule has 0 spiro atoms. The molecule has 0 bridgehead atoms. The summed E-state index contributed by atoms with van der Waals surface area (Å²) in [6.45, 7) is 0.377. The predicted octanol–water partition coefficient (Wildman–Crippen LogP) is 5.76. The molecule has 1 aromatic heterocycles. The summed E-state index contributed by atoms with van der Waals surface area (Å²) in [5.74, 6) is 1.32. The van der Waals surface area contributed by atoms with E-state index in [1.807, 2.05) is 72.8 Å². The summed E-state index contributed by atoms with van der Waals surface area (Å²) in [5.41, 5.74) is 4.53. The van der Waals surface area contributed by atoms with E-state index >= 15 is 0 Å². The highest BCUT2D eigenvalue weighted by molar-refractivity contribution is 6.31. The summed E-state index contributed by atoms with van der Waals surface area (Å²) in [6.07, 6.45) is 0.232. The summed E-state index contributed by atoms with van der Waals surface area (Å²) >= 11 is 6.21. The highest BCUT2D eigenvalue weighted by Crippen LogP contribution is 2.43. The SMILES string of the molecule is COc1ccc(-c2[nH]nc3c2C(c2ccc(OCc4ccccc4Cl)cc2)CC(=O)O3)cc1. The number of hydrogen-bond donors (Lipinski definition) is 1. The quantitative estimate of drug-likeness (QED) is 0.370. The van der Waals surface area contributed by atoms with Crippen molar-refractivity contribution in [2.45, 2.75) is 18.9 Å². The second-order valence-electron chi connectivity index (χ2n) is 7.73. The second-order valence-corrected chi connectivity index (χ2v) is 8.13. The topological polar surface area (TPSA) is 73.4 Å². The first-order chi connectivity index (χ1) is 16.1. The van der Waals surface area contributed by atoms with Crippen LogP contribution in [0.15, 0.2) is 72.8 Å². The molecule has 6 nitrogen and oxygen atoms in total. The van der Waals surface area contributed by atoms with Gasteiger partial charge < -0.3 is 14.2 Å². The van der Waals surface area contributed by atoms with E-state index in [0.29, 0.717) is 17.5 Å². The van der Waals surface area contributed by atoms with E-state index in [4.69, 9.17) is 25.8 Å². The molecular formula is C26H21ClN2O4. The molecule has 0 fully saturated rings. The minimum absolute atomic E-state index is 0.185. The number of hydrogen-bond acceptors (Lipinski definition) is 5. The highest BCUT2D eigenvalue weighted by Gasteiger charge is 2.34. The number of nitrogens with zero attached hydrogens (tertiary/aromatic N) is 1. The standard InChI is InChI=1S/C26H21ClN2O4/c1-31-19-10-8-17(9-11-19)25-24-21(14-23(30)33-26(24)29-28-25)16-6-12-20(13-7-16)32-15-18-4-2-3-5-22(18)27/h2-13,21H,14-15H2,1H3,(H,28,29). The van der Waals surface area contributed by atoms with E-state index in [1.54, 1.807) is 7.11 Å². The molecule has 0 amide bonds. The van der Waals surface area contributed by atoms with Crippen LogP contribution >= 0.6 is 11.6 Å². The molecule has 1 atom stereocenters. The molecule has 4 aromatic rings. The smallest absolute Gasteiger partial charge is 0.313 e. The molecule has 7 heteroatoms. The van der Waals surface area contributed by atoms with Gasteiger partial charge in [-0.2, -0.15) is 0 Å². The molecule has 3 aromatic carbocycles. The molecule has 1 aliphatic rings. The number of rotatable bonds is 6. The summed E-state index contributed by atoms with van der Waals surface area (Å²) in [6, 6.07) is 23.0. The largest absolute Gasteiger partial charge is 0.497 e. The lowest BCUT2D eigenvalue weighted by Crippen LogP contribution is -2.20. The zero-order valence-electron chi connectivity index (χ0n) is 17.9. The normalized spacial score (nSPS) is 15.0. The average Bonchev–Trinajstić information content (AvgIpc) is 3.27. The summed E-state index contributed by atoms with van der Waals surface area (Å²) in [7, 11) is 1.63. The second kappa shape index (κ2) is 9.00. The van der Waals surface area contributed by atoms with Crippen molar-refractivity contribution < 1.29 is 19.0 Å². The van der Waals surface area contributed by atoms with Crippen molar-refractivity contribution in [3.8, 4) is 28.6 Å². The monoisotopic (exact) mass is 460 g/mol. The van der Waals surface area contributed by atoms with Crippen molar-refractivity contribution in [2.75, 3.05) is 7.11 Å². The van der Waals surface area contributed by atoms with E-state index in [1.165, 1.54) is 0 Å². The first kappa shape index (κ1) is 21.1. The highest BCUT2D eigenvalue weighted by atomic mass is 35.5. The number of fused-ring (bicyclic) bond motifs is 1. The third-order valence-corrected chi connectivity index (χ3v) is 6.08. The number of nitrogens with one attached hydrogen (secondary N) is 1. The number of benzene rings is 3. The van der Waals surface area contributed by atoms with Crippen LogP contribution in [0.25, 0.3) is 11.3 Å². The van der Waals surface area contributed by atoms with Gasteiger partial charge >= 0.3 is 5.97 Å². The summed E-state index contributed by atoms with van der Waals surface area (Å²) in [4.78, 5) is 12.3. The van der Waals surface area contributed by atoms with Crippen molar-refractivity contribution in [3.05, 3.63) is 94.5 Å². The Kier molecular flexibility index (Phi) is 5.75. The first-order valence-corrected chi connectivity index (χ1v) is 10.9. The van der Waals surface area contributed by atoms with Crippen molar-refractivity contribution in [1.29, 1.82) is 0 Å². The number of carbonyl (C=O) groups is 1. The van der Waals surface area contributed by atoms with Crippen LogP contribution in [0, 0.1) is 0 Å². The van der Waals surface area contributed by atoms with E-state index in [0.717, 1.165) is 39.4 Å². The fourth-order valence-corrected chi connectivity index (χ4v) is 4.18. The molecule has 166 valence electrons. The van der Waals surface area contributed by atoms with Crippen LogP contribution in [0.3, 0.4) is 0 Å². The fraction of sp³-hybridized carbons (Fsp3) is 0.154. The van der Waals surface area contributed by atoms with E-state index in [9.17, 15) is 4.79 Å². The Morgan fingerprint density at radius 2 is 1.76 bits per heavy atom. The summed E-state index contributed by atoms with van der Waals surface area (Å²) in [5, 5.41) is 7.97. The maximum atomic E-state index is 12.3. The number of ether oxygens (including phenoxy) is 3. The van der Waals surface area contributed by atoms with Crippen LogP contribution in [0.4, 0.5) is 0 Å². The molecular weight excluding hydrogens is 440 g/mol. The van der Waals surface area contributed by atoms with Crippen LogP contribution in [0.2, 0.25) is 5.02 Å². The number of H-pyrrole nitrogens is 1. The van der Waals surface area contributed by atoms with Crippen molar-refractivity contribution >= 4 is 17.6 Å². The number of aromatic nitrogens is 2. The molecule has 0 radical (unpaired) electrons. The maximum Gasteiger partial charge on any atom is 0.313 e. The number of halogens is 1. The number of methoxy groups -OCH3 is 1. The first-order valence-electron chi connectivity index (χ1n) is 10.5. The van der Waals surface area contributed by atoms with E-state index < -0.39 is 0 Å². The van der Waals surface area contributed by atoms with Crippen LogP contribution in [-0.2, 0) is 11.4 Å². The molecule has 1 N–H and O–H groups in total. The van der Waals surface area contributed by atoms with Gasteiger partial charge in [0, 0.05) is 22.1 Å². The van der Waals surface area contributed by atoms with Crippen LogP contribution < -0.4 is 14.2 Å². The Hall–Kier alpha value is -3.77. The Balaban J connectivity index is 1.41. The third kappa shape index (κ3) is 4.30. The van der Waals surface area contributed by atoms with Crippen LogP contribution in [0.1, 0.15) is 29.0 Å². The van der Waals surface area contributed by atoms with Crippen molar-refractivity contribution in [2.24, 2.45) is 0 Å². The van der Waals surface area contributed by atoms with Gasteiger partial charge in [0.2, 0.25) is 5.88 Å². The molecule has 33 heavy (non-hydrogen) atoms. The Bertz CT molecular complexity index is 1280. The number of aromatic amines is 1. The zero-order valence-corrected chi connectivity index (χ0v) is 18.6. The van der Waals surface area contributed by atoms with E-state index in [-0.39, 0.29) is 18.3 Å². The number of carbonyl (C=O) groups excluding carboxylic acids is 1. The Morgan fingerprint density at radius 1 is 1.03 bits per heavy atom. The zero-order chi connectivity index (χ0) is 22.8. The molecule has 0 saturated heterocycles. The summed E-state index contributed by atoms with van der Waals surface area (Å²) < 4.78 is 16.6. The van der Waals surface area contributed by atoms with Gasteiger partial charge in [-0.15, -0.1) is 5.10 Å². The van der Waals surface area contributed by atoms with Gasteiger partial charge in [-0.3, -0.25) is 9.89 Å². The molecule has 1 aliphatic heterocycles. The minimum atomic E-state index is -0.306. The molecule has 0 aliphatic carbocycles. The Labute approximate surface area is 196 Å². The minimum Gasteiger partial charge on any atom is -0.497 e. The van der Waals surface area contributed by atoms with Crippen molar-refractivity contribution in [3.63, 3.8) is 0 Å². The van der Waals surface area contributed by atoms with Crippen LogP contribution in [0.5, 0.6) is 17.4 Å². The molecule has 0 saturated carbocycles. The fourth-order valence-electron chi connectivity index (χ4n) is 3.99. The maximum absolute atomic E-state index is 12.3. The lowest BCUT2D eigenvalue weighted by molar-refractivity contribution is -0.135. The molecule has 5 rings (SSSR count). The van der Waals surface area contributed by atoms with Gasteiger partial charge in [-0.25, -0.2) is 0 Å². The number of esters is 1. The molecule has 1 unspecified atom stereocenters. The average molecular weight is 461 g/mol. The van der Waals surface area contributed by atoms with Gasteiger partial charge in [0.05, 0.1) is 24.8 Å². The predicted molar refractivity (Wildman–Crippen MR) is 125 cm³/mol.